The summed E-state index contributed by atoms with van der Waals surface area (Å²) >= 11 is 0. The van der Waals surface area contributed by atoms with Crippen molar-refractivity contribution in [2.24, 2.45) is 5.92 Å². The van der Waals surface area contributed by atoms with Gasteiger partial charge in [-0.05, 0) is 44.2 Å². The molecule has 3 unspecified atom stereocenters. The van der Waals surface area contributed by atoms with Gasteiger partial charge in [0.2, 0.25) is 0 Å². The van der Waals surface area contributed by atoms with Crippen LogP contribution in [0.25, 0.3) is 0 Å². The fourth-order valence-corrected chi connectivity index (χ4v) is 3.08. The Kier molecular flexibility index (Phi) is 4.59. The summed E-state index contributed by atoms with van der Waals surface area (Å²) in [7, 11) is 0. The molecule has 1 aliphatic rings. The number of carboxylic acid groups (broad SMARTS) is 1. The molecule has 0 heterocycles. The van der Waals surface area contributed by atoms with E-state index in [2.05, 4.69) is 37.4 Å². The van der Waals surface area contributed by atoms with E-state index in [1.165, 1.54) is 11.1 Å². The van der Waals surface area contributed by atoms with Crippen LogP contribution >= 0.6 is 0 Å². The highest BCUT2D eigenvalue weighted by molar-refractivity contribution is 5.70. The number of aryl methyl sites for hydroxylation is 1. The maximum atomic E-state index is 11.1. The van der Waals surface area contributed by atoms with Crippen LogP contribution in [0.1, 0.15) is 49.8 Å². The largest absolute Gasteiger partial charge is 0.481 e. The van der Waals surface area contributed by atoms with Gasteiger partial charge < -0.3 is 10.4 Å². The highest BCUT2D eigenvalue weighted by atomic mass is 16.4. The van der Waals surface area contributed by atoms with E-state index in [9.17, 15) is 4.79 Å². The molecule has 1 aromatic carbocycles. The molecule has 1 aliphatic carbocycles. The Morgan fingerprint density at radius 2 is 2.11 bits per heavy atom. The summed E-state index contributed by atoms with van der Waals surface area (Å²) in [5.41, 5.74) is 2.59. The number of aliphatic carboxylic acids is 1. The van der Waals surface area contributed by atoms with Crippen molar-refractivity contribution in [2.75, 3.05) is 0 Å². The van der Waals surface area contributed by atoms with E-state index in [0.717, 1.165) is 25.7 Å². The summed E-state index contributed by atoms with van der Waals surface area (Å²) in [4.78, 5) is 11.1. The molecule has 1 saturated carbocycles. The molecule has 0 amide bonds. The second-order valence-electron chi connectivity index (χ2n) is 5.64. The normalized spacial score (nSPS) is 24.9. The summed E-state index contributed by atoms with van der Waals surface area (Å²) in [5.74, 6) is -0.814. The van der Waals surface area contributed by atoms with Gasteiger partial charge in [0.1, 0.15) is 0 Å². The Labute approximate surface area is 115 Å². The zero-order chi connectivity index (χ0) is 13.8. The molecule has 0 spiro atoms. The van der Waals surface area contributed by atoms with E-state index in [0.29, 0.717) is 6.04 Å². The van der Waals surface area contributed by atoms with E-state index < -0.39 is 5.97 Å². The lowest BCUT2D eigenvalue weighted by Crippen LogP contribution is -2.37. The minimum absolute atomic E-state index is 0.171. The van der Waals surface area contributed by atoms with Gasteiger partial charge in [-0.15, -0.1) is 0 Å². The van der Waals surface area contributed by atoms with Crippen molar-refractivity contribution >= 4 is 5.97 Å². The fourth-order valence-electron chi connectivity index (χ4n) is 3.08. The number of nitrogens with one attached hydrogen (secondary N) is 1. The van der Waals surface area contributed by atoms with Crippen LogP contribution < -0.4 is 5.32 Å². The van der Waals surface area contributed by atoms with E-state index in [4.69, 9.17) is 5.11 Å². The third-order valence-corrected chi connectivity index (χ3v) is 4.16. The number of hydrogen-bond donors (Lipinski definition) is 2. The summed E-state index contributed by atoms with van der Waals surface area (Å²) in [6.45, 7) is 4.28. The Morgan fingerprint density at radius 3 is 2.79 bits per heavy atom. The van der Waals surface area contributed by atoms with E-state index in [-0.39, 0.29) is 12.0 Å². The fraction of sp³-hybridized carbons (Fsp3) is 0.562. The Morgan fingerprint density at radius 1 is 1.37 bits per heavy atom. The van der Waals surface area contributed by atoms with Gasteiger partial charge in [-0.1, -0.05) is 30.7 Å². The van der Waals surface area contributed by atoms with Crippen LogP contribution in [0.5, 0.6) is 0 Å². The SMILES string of the molecule is Cc1ccccc1C(C)NC1CCCC(C(=O)O)C1. The third kappa shape index (κ3) is 3.57. The second kappa shape index (κ2) is 6.20. The molecule has 0 aliphatic heterocycles. The molecule has 19 heavy (non-hydrogen) atoms. The van der Waals surface area contributed by atoms with Crippen molar-refractivity contribution in [3.63, 3.8) is 0 Å². The molecule has 3 nitrogen and oxygen atoms in total. The Hall–Kier alpha value is -1.35. The van der Waals surface area contributed by atoms with Crippen LogP contribution in [0.15, 0.2) is 24.3 Å². The van der Waals surface area contributed by atoms with Crippen molar-refractivity contribution in [1.29, 1.82) is 0 Å². The molecule has 3 heteroatoms. The first-order valence-electron chi connectivity index (χ1n) is 7.12. The first kappa shape index (κ1) is 14.1. The zero-order valence-corrected chi connectivity index (χ0v) is 11.7. The Bertz CT molecular complexity index is 444. The highest BCUT2D eigenvalue weighted by Gasteiger charge is 2.27. The topological polar surface area (TPSA) is 49.3 Å². The van der Waals surface area contributed by atoms with Crippen LogP contribution in [0.4, 0.5) is 0 Å². The summed E-state index contributed by atoms with van der Waals surface area (Å²) in [5, 5.41) is 12.7. The standard InChI is InChI=1S/C16H23NO2/c1-11-6-3-4-9-15(11)12(2)17-14-8-5-7-13(10-14)16(18)19/h3-4,6,9,12-14,17H,5,7-8,10H2,1-2H3,(H,18,19). The molecular weight excluding hydrogens is 238 g/mol. The van der Waals surface area contributed by atoms with Gasteiger partial charge in [0.25, 0.3) is 0 Å². The van der Waals surface area contributed by atoms with Gasteiger partial charge in [-0.25, -0.2) is 0 Å². The lowest BCUT2D eigenvalue weighted by Gasteiger charge is -2.30. The lowest BCUT2D eigenvalue weighted by molar-refractivity contribution is -0.143. The predicted octanol–water partition coefficient (Wildman–Crippen LogP) is 3.29. The number of benzene rings is 1. The van der Waals surface area contributed by atoms with E-state index in [1.807, 2.05) is 6.07 Å². The molecule has 1 fully saturated rings. The van der Waals surface area contributed by atoms with Crippen molar-refractivity contribution in [3.05, 3.63) is 35.4 Å². The molecule has 0 aromatic heterocycles. The average Bonchev–Trinajstić information content (AvgIpc) is 2.39. The number of hydrogen-bond acceptors (Lipinski definition) is 2. The van der Waals surface area contributed by atoms with Crippen LogP contribution in [-0.4, -0.2) is 17.1 Å². The van der Waals surface area contributed by atoms with Crippen LogP contribution in [0, 0.1) is 12.8 Å². The van der Waals surface area contributed by atoms with Crippen LogP contribution in [-0.2, 0) is 4.79 Å². The number of carbonyl (C=O) groups is 1. The summed E-state index contributed by atoms with van der Waals surface area (Å²) < 4.78 is 0. The quantitative estimate of drug-likeness (QED) is 0.874. The first-order chi connectivity index (χ1) is 9.08. The van der Waals surface area contributed by atoms with E-state index in [1.54, 1.807) is 0 Å². The Balaban J connectivity index is 1.97. The molecule has 0 saturated heterocycles. The molecular formula is C16H23NO2. The van der Waals surface area contributed by atoms with Crippen LogP contribution in [0.3, 0.4) is 0 Å². The number of rotatable bonds is 4. The number of carboxylic acids is 1. The maximum Gasteiger partial charge on any atom is 0.306 e. The molecule has 1 aromatic rings. The molecule has 3 atom stereocenters. The summed E-state index contributed by atoms with van der Waals surface area (Å²) in [6, 6.07) is 8.97. The lowest BCUT2D eigenvalue weighted by atomic mass is 9.85. The van der Waals surface area contributed by atoms with Gasteiger partial charge in [0.15, 0.2) is 0 Å². The van der Waals surface area contributed by atoms with Gasteiger partial charge in [-0.2, -0.15) is 0 Å². The molecule has 0 radical (unpaired) electrons. The molecule has 2 rings (SSSR count). The van der Waals surface area contributed by atoms with E-state index >= 15 is 0 Å². The van der Waals surface area contributed by atoms with Gasteiger partial charge in [-0.3, -0.25) is 4.79 Å². The minimum Gasteiger partial charge on any atom is -0.481 e. The second-order valence-corrected chi connectivity index (χ2v) is 5.64. The van der Waals surface area contributed by atoms with Crippen LogP contribution in [0.2, 0.25) is 0 Å². The molecule has 0 bridgehead atoms. The smallest absolute Gasteiger partial charge is 0.306 e. The van der Waals surface area contributed by atoms with Gasteiger partial charge >= 0.3 is 5.97 Å². The minimum atomic E-state index is -0.643. The predicted molar refractivity (Wildman–Crippen MR) is 76.1 cm³/mol. The highest BCUT2D eigenvalue weighted by Crippen LogP contribution is 2.27. The van der Waals surface area contributed by atoms with Gasteiger partial charge in [0, 0.05) is 12.1 Å². The van der Waals surface area contributed by atoms with Crippen molar-refractivity contribution in [1.82, 2.24) is 5.32 Å². The zero-order valence-electron chi connectivity index (χ0n) is 11.7. The van der Waals surface area contributed by atoms with Crippen molar-refractivity contribution in [3.8, 4) is 0 Å². The van der Waals surface area contributed by atoms with Crippen molar-refractivity contribution < 1.29 is 9.90 Å². The average molecular weight is 261 g/mol. The monoisotopic (exact) mass is 261 g/mol. The maximum absolute atomic E-state index is 11.1. The first-order valence-corrected chi connectivity index (χ1v) is 7.12. The third-order valence-electron chi connectivity index (χ3n) is 4.16. The molecule has 2 N–H and O–H groups in total. The molecule has 104 valence electrons. The van der Waals surface area contributed by atoms with Gasteiger partial charge in [0.05, 0.1) is 5.92 Å². The van der Waals surface area contributed by atoms with Crippen molar-refractivity contribution in [2.45, 2.75) is 51.6 Å². The summed E-state index contributed by atoms with van der Waals surface area (Å²) in [6.07, 6.45) is 3.67.